The highest BCUT2D eigenvalue weighted by Crippen LogP contribution is 2.18. The van der Waals surface area contributed by atoms with Crippen molar-refractivity contribution in [3.8, 4) is 5.75 Å². The smallest absolute Gasteiger partial charge is 0.124 e. The van der Waals surface area contributed by atoms with Gasteiger partial charge in [0.2, 0.25) is 0 Å². The fourth-order valence-corrected chi connectivity index (χ4v) is 2.14. The molecule has 3 heteroatoms. The van der Waals surface area contributed by atoms with Crippen molar-refractivity contribution >= 4 is 0 Å². The van der Waals surface area contributed by atoms with Gasteiger partial charge in [0, 0.05) is 24.6 Å². The van der Waals surface area contributed by atoms with E-state index in [2.05, 4.69) is 24.9 Å². The summed E-state index contributed by atoms with van der Waals surface area (Å²) in [6, 6.07) is 12.5. The van der Waals surface area contributed by atoms with E-state index in [0.29, 0.717) is 12.6 Å². The van der Waals surface area contributed by atoms with E-state index in [0.717, 1.165) is 30.9 Å². The molecule has 1 aromatic carbocycles. The van der Waals surface area contributed by atoms with Gasteiger partial charge in [0.05, 0.1) is 6.26 Å². The van der Waals surface area contributed by atoms with E-state index in [1.807, 2.05) is 30.3 Å². The lowest BCUT2D eigenvalue weighted by Gasteiger charge is -2.15. The van der Waals surface area contributed by atoms with E-state index < -0.39 is 0 Å². The molecule has 0 bridgehead atoms. The van der Waals surface area contributed by atoms with Gasteiger partial charge in [0.25, 0.3) is 0 Å². The van der Waals surface area contributed by atoms with Crippen molar-refractivity contribution in [2.45, 2.75) is 32.4 Å². The maximum atomic E-state index is 5.66. The molecule has 1 heterocycles. The lowest BCUT2D eigenvalue weighted by Crippen LogP contribution is -2.26. The molecule has 0 amide bonds. The molecule has 1 aromatic heterocycles. The van der Waals surface area contributed by atoms with Crippen LogP contribution in [0.2, 0.25) is 0 Å². The average molecular weight is 285 g/mol. The Hall–Kier alpha value is -2.00. The van der Waals surface area contributed by atoms with E-state index in [4.69, 9.17) is 9.15 Å². The molecule has 21 heavy (non-hydrogen) atoms. The van der Waals surface area contributed by atoms with Crippen LogP contribution in [0.3, 0.4) is 0 Å². The first-order chi connectivity index (χ1) is 10.3. The van der Waals surface area contributed by atoms with Crippen LogP contribution in [0, 0.1) is 0 Å². The molecule has 1 N–H and O–H groups in total. The molecule has 2 rings (SSSR count). The number of aryl methyl sites for hydroxylation is 1. The molecule has 2 aromatic rings. The zero-order valence-electron chi connectivity index (χ0n) is 12.5. The Balaban J connectivity index is 1.80. The van der Waals surface area contributed by atoms with Crippen molar-refractivity contribution in [1.29, 1.82) is 0 Å². The SMILES string of the molecule is C=CCOc1ccccc1CNC(C)CCc1ccco1. The number of para-hydroxylation sites is 1. The minimum atomic E-state index is 0.419. The van der Waals surface area contributed by atoms with Crippen molar-refractivity contribution in [3.05, 3.63) is 66.6 Å². The van der Waals surface area contributed by atoms with E-state index in [1.54, 1.807) is 12.3 Å². The highest BCUT2D eigenvalue weighted by Gasteiger charge is 2.06. The summed E-state index contributed by atoms with van der Waals surface area (Å²) in [6.07, 6.45) is 5.48. The minimum absolute atomic E-state index is 0.419. The van der Waals surface area contributed by atoms with Crippen LogP contribution in [0.15, 0.2) is 59.7 Å². The maximum absolute atomic E-state index is 5.66. The van der Waals surface area contributed by atoms with Crippen LogP contribution >= 0.6 is 0 Å². The number of hydrogen-bond acceptors (Lipinski definition) is 3. The van der Waals surface area contributed by atoms with E-state index in [1.165, 1.54) is 5.56 Å². The van der Waals surface area contributed by atoms with Crippen LogP contribution in [0.5, 0.6) is 5.75 Å². The second kappa shape index (κ2) is 8.32. The van der Waals surface area contributed by atoms with Crippen molar-refractivity contribution in [2.75, 3.05) is 6.61 Å². The second-order valence-corrected chi connectivity index (χ2v) is 5.11. The summed E-state index contributed by atoms with van der Waals surface area (Å²) in [7, 11) is 0. The molecule has 0 spiro atoms. The molecule has 1 atom stereocenters. The standard InChI is InChI=1S/C18H23NO2/c1-3-12-21-18-9-5-4-7-16(18)14-19-15(2)10-11-17-8-6-13-20-17/h3-9,13,15,19H,1,10-12,14H2,2H3. The third-order valence-corrected chi connectivity index (χ3v) is 3.37. The van der Waals surface area contributed by atoms with Gasteiger partial charge >= 0.3 is 0 Å². The maximum Gasteiger partial charge on any atom is 0.124 e. The number of ether oxygens (including phenoxy) is 1. The summed E-state index contributed by atoms with van der Waals surface area (Å²) in [4.78, 5) is 0. The Bertz CT molecular complexity index is 534. The van der Waals surface area contributed by atoms with Gasteiger partial charge in [0.15, 0.2) is 0 Å². The van der Waals surface area contributed by atoms with E-state index in [9.17, 15) is 0 Å². The molecule has 0 aliphatic heterocycles. The summed E-state index contributed by atoms with van der Waals surface area (Å²) in [6.45, 7) is 7.20. The van der Waals surface area contributed by atoms with Crippen LogP contribution in [0.1, 0.15) is 24.7 Å². The number of nitrogens with one attached hydrogen (secondary N) is 1. The summed E-state index contributed by atoms with van der Waals surface area (Å²) >= 11 is 0. The van der Waals surface area contributed by atoms with Gasteiger partial charge < -0.3 is 14.5 Å². The van der Waals surface area contributed by atoms with Crippen LogP contribution in [-0.2, 0) is 13.0 Å². The zero-order valence-corrected chi connectivity index (χ0v) is 12.5. The van der Waals surface area contributed by atoms with Crippen LogP contribution in [0.4, 0.5) is 0 Å². The van der Waals surface area contributed by atoms with Crippen molar-refractivity contribution in [2.24, 2.45) is 0 Å². The largest absolute Gasteiger partial charge is 0.489 e. The molecule has 0 fully saturated rings. The molecular formula is C18H23NO2. The third kappa shape index (κ3) is 5.12. The monoisotopic (exact) mass is 285 g/mol. The molecule has 3 nitrogen and oxygen atoms in total. The van der Waals surface area contributed by atoms with Crippen molar-refractivity contribution in [3.63, 3.8) is 0 Å². The Morgan fingerprint density at radius 1 is 1.29 bits per heavy atom. The lowest BCUT2D eigenvalue weighted by atomic mass is 10.1. The van der Waals surface area contributed by atoms with Gasteiger partial charge in [-0.25, -0.2) is 0 Å². The first-order valence-corrected chi connectivity index (χ1v) is 7.37. The van der Waals surface area contributed by atoms with Gasteiger partial charge in [0.1, 0.15) is 18.1 Å². The minimum Gasteiger partial charge on any atom is -0.489 e. The first-order valence-electron chi connectivity index (χ1n) is 7.37. The van der Waals surface area contributed by atoms with Crippen molar-refractivity contribution < 1.29 is 9.15 Å². The van der Waals surface area contributed by atoms with Gasteiger partial charge in [-0.2, -0.15) is 0 Å². The summed E-state index contributed by atoms with van der Waals surface area (Å²) in [5.41, 5.74) is 1.17. The second-order valence-electron chi connectivity index (χ2n) is 5.11. The van der Waals surface area contributed by atoms with Gasteiger partial charge in [-0.15, -0.1) is 0 Å². The number of hydrogen-bond donors (Lipinski definition) is 1. The van der Waals surface area contributed by atoms with Crippen LogP contribution in [0.25, 0.3) is 0 Å². The Morgan fingerprint density at radius 3 is 2.90 bits per heavy atom. The third-order valence-electron chi connectivity index (χ3n) is 3.37. The lowest BCUT2D eigenvalue weighted by molar-refractivity contribution is 0.356. The Kier molecular flexibility index (Phi) is 6.10. The van der Waals surface area contributed by atoms with Gasteiger partial charge in [-0.1, -0.05) is 30.9 Å². The van der Waals surface area contributed by atoms with Gasteiger partial charge in [-0.05, 0) is 31.5 Å². The topological polar surface area (TPSA) is 34.4 Å². The summed E-state index contributed by atoms with van der Waals surface area (Å²) in [5.74, 6) is 1.96. The molecule has 0 saturated carbocycles. The normalized spacial score (nSPS) is 12.0. The predicted molar refractivity (Wildman–Crippen MR) is 85.5 cm³/mol. The fraction of sp³-hybridized carbons (Fsp3) is 0.333. The molecular weight excluding hydrogens is 262 g/mol. The fourth-order valence-electron chi connectivity index (χ4n) is 2.14. The van der Waals surface area contributed by atoms with Crippen molar-refractivity contribution in [1.82, 2.24) is 5.32 Å². The van der Waals surface area contributed by atoms with Crippen LogP contribution in [-0.4, -0.2) is 12.6 Å². The van der Waals surface area contributed by atoms with E-state index in [-0.39, 0.29) is 0 Å². The van der Waals surface area contributed by atoms with Crippen LogP contribution < -0.4 is 10.1 Å². The highest BCUT2D eigenvalue weighted by atomic mass is 16.5. The first kappa shape index (κ1) is 15.4. The Labute approximate surface area is 126 Å². The summed E-state index contributed by atoms with van der Waals surface area (Å²) in [5, 5.41) is 3.53. The number of benzene rings is 1. The molecule has 0 saturated heterocycles. The quantitative estimate of drug-likeness (QED) is 0.708. The number of rotatable bonds is 9. The number of furan rings is 1. The summed E-state index contributed by atoms with van der Waals surface area (Å²) < 4.78 is 11.0. The molecule has 112 valence electrons. The highest BCUT2D eigenvalue weighted by molar-refractivity contribution is 5.33. The molecule has 0 radical (unpaired) electrons. The predicted octanol–water partition coefficient (Wildman–Crippen LogP) is 3.96. The zero-order chi connectivity index (χ0) is 14.9. The Morgan fingerprint density at radius 2 is 2.14 bits per heavy atom. The molecule has 0 aliphatic rings. The molecule has 1 unspecified atom stereocenters. The van der Waals surface area contributed by atoms with E-state index >= 15 is 0 Å². The van der Waals surface area contributed by atoms with Gasteiger partial charge in [-0.3, -0.25) is 0 Å². The average Bonchev–Trinajstić information content (AvgIpc) is 3.03. The molecule has 0 aliphatic carbocycles.